The topological polar surface area (TPSA) is 76.5 Å². The lowest BCUT2D eigenvalue weighted by molar-refractivity contribution is 0.0646. The molecule has 5 heteroatoms. The highest BCUT2D eigenvalue weighted by molar-refractivity contribution is 6.31. The molecule has 3 N–H and O–H groups in total. The van der Waals surface area contributed by atoms with Crippen molar-refractivity contribution in [3.8, 4) is 0 Å². The fraction of sp³-hybridized carbons (Fsp3) is 0.0455. The van der Waals surface area contributed by atoms with Gasteiger partial charge in [-0.05, 0) is 64.7 Å². The molecule has 9 rings (SSSR count). The molecular formula is C44H32N4O. The molecule has 0 saturated carbocycles. The smallest absolute Gasteiger partial charge is 0.155 e. The first-order chi connectivity index (χ1) is 24.2. The Hall–Kier alpha value is -6.30. The zero-order valence-electron chi connectivity index (χ0n) is 26.6. The van der Waals surface area contributed by atoms with E-state index in [1.807, 2.05) is 97.1 Å². The van der Waals surface area contributed by atoms with Crippen LogP contribution in [-0.4, -0.2) is 32.5 Å². The molecule has 8 bridgehead atoms. The highest BCUT2D eigenvalue weighted by Gasteiger charge is 2.42. The molecule has 5 heterocycles. The van der Waals surface area contributed by atoms with Gasteiger partial charge < -0.3 is 15.1 Å². The van der Waals surface area contributed by atoms with Crippen LogP contribution in [0.2, 0.25) is 0 Å². The van der Waals surface area contributed by atoms with Crippen molar-refractivity contribution < 1.29 is 5.11 Å². The molecule has 2 unspecified atom stereocenters. The lowest BCUT2D eigenvalue weighted by atomic mass is 9.84. The second-order valence-corrected chi connectivity index (χ2v) is 12.5. The summed E-state index contributed by atoms with van der Waals surface area (Å²) in [7, 11) is 0. The van der Waals surface area contributed by atoms with E-state index in [-0.39, 0.29) is 0 Å². The van der Waals surface area contributed by atoms with Crippen LogP contribution in [0.4, 0.5) is 0 Å². The van der Waals surface area contributed by atoms with Gasteiger partial charge in [-0.3, -0.25) is 4.99 Å². The van der Waals surface area contributed by atoms with E-state index in [1.165, 1.54) is 0 Å². The SMILES string of the molecule is OC1(c2ccccc2)c2ccc([nH]2)/C(c2ccccc2)=C2/C=CC(=N2)/C(c2ccccc2)=c2/cc/c([nH]2)=C(\c2ccccc2)C2=NC1C=C2. The standard InChI is InChI=1S/C44H32N4O/c49-44(32-19-11-4-12-20-32)39-27-25-37(47-39)42(30-15-7-2-8-16-30)35-23-21-33(45-35)41(29-13-5-1-6-14-29)34-22-24-36(46-34)43(31-17-9-3-10-18-31)38-26-28-40(44)48-38/h1-28,39,45,48-49H/b41-33-,42-35-,43-36-. The fourth-order valence-corrected chi connectivity index (χ4v) is 7.21. The summed E-state index contributed by atoms with van der Waals surface area (Å²) in [5.74, 6) is 0. The summed E-state index contributed by atoms with van der Waals surface area (Å²) in [6, 6.07) is 48.5. The summed E-state index contributed by atoms with van der Waals surface area (Å²) in [6.07, 6.45) is 8.24. The van der Waals surface area contributed by atoms with Gasteiger partial charge in [0.15, 0.2) is 5.60 Å². The Morgan fingerprint density at radius 1 is 0.510 bits per heavy atom. The van der Waals surface area contributed by atoms with Gasteiger partial charge in [0.2, 0.25) is 0 Å². The number of hydrogen-bond donors (Lipinski definition) is 3. The van der Waals surface area contributed by atoms with Gasteiger partial charge in [-0.25, -0.2) is 4.99 Å². The van der Waals surface area contributed by atoms with Crippen molar-refractivity contribution in [3.63, 3.8) is 0 Å². The van der Waals surface area contributed by atoms with Gasteiger partial charge in [0.25, 0.3) is 0 Å². The van der Waals surface area contributed by atoms with Gasteiger partial charge in [0.05, 0.1) is 22.8 Å². The van der Waals surface area contributed by atoms with Crippen molar-refractivity contribution >= 4 is 28.1 Å². The van der Waals surface area contributed by atoms with Crippen LogP contribution in [0.25, 0.3) is 16.7 Å². The number of nitrogens with one attached hydrogen (secondary N) is 2. The molecule has 2 aromatic heterocycles. The van der Waals surface area contributed by atoms with Crippen LogP contribution >= 0.6 is 0 Å². The normalized spacial score (nSPS) is 23.4. The average Bonchev–Trinajstić information content (AvgIpc) is 4.00. The van der Waals surface area contributed by atoms with Crippen LogP contribution in [0.5, 0.6) is 0 Å². The number of aromatic nitrogens is 2. The van der Waals surface area contributed by atoms with E-state index in [1.54, 1.807) is 0 Å². The molecular weight excluding hydrogens is 601 g/mol. The maximum Gasteiger partial charge on any atom is 0.155 e. The minimum Gasteiger partial charge on any atom is -0.376 e. The van der Waals surface area contributed by atoms with Crippen LogP contribution in [0.15, 0.2) is 186 Å². The third-order valence-corrected chi connectivity index (χ3v) is 9.54. The summed E-state index contributed by atoms with van der Waals surface area (Å²) < 4.78 is 0. The molecule has 234 valence electrons. The Kier molecular flexibility index (Phi) is 6.92. The van der Waals surface area contributed by atoms with Gasteiger partial charge in [0, 0.05) is 33.1 Å². The minimum absolute atomic E-state index is 0.590. The highest BCUT2D eigenvalue weighted by Crippen LogP contribution is 2.40. The molecule has 0 aliphatic carbocycles. The first-order valence-corrected chi connectivity index (χ1v) is 16.5. The molecule has 3 aliphatic rings. The van der Waals surface area contributed by atoms with Crippen molar-refractivity contribution in [2.75, 3.05) is 0 Å². The second-order valence-electron chi connectivity index (χ2n) is 12.5. The maximum absolute atomic E-state index is 12.9. The number of hydrogen-bond acceptors (Lipinski definition) is 3. The van der Waals surface area contributed by atoms with Gasteiger partial charge in [-0.1, -0.05) is 127 Å². The zero-order valence-corrected chi connectivity index (χ0v) is 26.6. The monoisotopic (exact) mass is 632 g/mol. The third-order valence-electron chi connectivity index (χ3n) is 9.54. The minimum atomic E-state index is -1.47. The van der Waals surface area contributed by atoms with Crippen LogP contribution < -0.4 is 10.7 Å². The van der Waals surface area contributed by atoms with E-state index in [2.05, 4.69) is 82.8 Å². The summed E-state index contributed by atoms with van der Waals surface area (Å²) in [5, 5.41) is 14.8. The number of aliphatic imine (C=N–C) groups is 2. The van der Waals surface area contributed by atoms with E-state index < -0.39 is 11.6 Å². The molecule has 6 aromatic rings. The quantitative estimate of drug-likeness (QED) is 0.196. The van der Waals surface area contributed by atoms with E-state index in [9.17, 15) is 5.11 Å². The first-order valence-electron chi connectivity index (χ1n) is 16.5. The van der Waals surface area contributed by atoms with Crippen molar-refractivity contribution in [1.82, 2.24) is 9.97 Å². The van der Waals surface area contributed by atoms with E-state index in [0.717, 1.165) is 72.5 Å². The molecule has 0 spiro atoms. The number of aromatic amines is 2. The van der Waals surface area contributed by atoms with Crippen LogP contribution in [0, 0.1) is 0 Å². The van der Waals surface area contributed by atoms with E-state index >= 15 is 0 Å². The Labute approximate surface area is 284 Å². The molecule has 5 nitrogen and oxygen atoms in total. The number of nitrogens with zero attached hydrogens (tertiary/aromatic N) is 2. The summed E-state index contributed by atoms with van der Waals surface area (Å²) >= 11 is 0. The first kappa shape index (κ1) is 28.9. The molecule has 4 aromatic carbocycles. The molecule has 49 heavy (non-hydrogen) atoms. The van der Waals surface area contributed by atoms with Gasteiger partial charge >= 0.3 is 0 Å². The van der Waals surface area contributed by atoms with Crippen molar-refractivity contribution in [2.45, 2.75) is 11.6 Å². The number of aliphatic hydroxyl groups is 1. The molecule has 0 saturated heterocycles. The summed E-state index contributed by atoms with van der Waals surface area (Å²) in [4.78, 5) is 18.0. The number of benzene rings is 4. The zero-order chi connectivity index (χ0) is 32.8. The summed E-state index contributed by atoms with van der Waals surface area (Å²) in [5.41, 5.74) is 9.33. The Balaban J connectivity index is 1.40. The summed E-state index contributed by atoms with van der Waals surface area (Å²) in [6.45, 7) is 0. The highest BCUT2D eigenvalue weighted by atomic mass is 16.3. The van der Waals surface area contributed by atoms with Crippen LogP contribution in [-0.2, 0) is 5.60 Å². The van der Waals surface area contributed by atoms with Gasteiger partial charge in [-0.15, -0.1) is 0 Å². The van der Waals surface area contributed by atoms with Crippen LogP contribution in [0.3, 0.4) is 0 Å². The lowest BCUT2D eigenvalue weighted by Crippen LogP contribution is -2.38. The molecule has 0 radical (unpaired) electrons. The molecule has 0 fully saturated rings. The number of H-pyrrole nitrogens is 2. The molecule has 0 amide bonds. The molecule has 3 aliphatic heterocycles. The average molecular weight is 633 g/mol. The molecule has 2 atom stereocenters. The maximum atomic E-state index is 12.9. The van der Waals surface area contributed by atoms with E-state index in [0.29, 0.717) is 5.69 Å². The van der Waals surface area contributed by atoms with Gasteiger partial charge in [-0.2, -0.15) is 0 Å². The van der Waals surface area contributed by atoms with Crippen molar-refractivity contribution in [2.24, 2.45) is 9.98 Å². The Morgan fingerprint density at radius 2 is 1.06 bits per heavy atom. The second kappa shape index (κ2) is 11.7. The Morgan fingerprint density at radius 3 is 1.67 bits per heavy atom. The number of fused-ring (bicyclic) bond motifs is 6. The Bertz CT molecular complexity index is 2480. The van der Waals surface area contributed by atoms with Crippen LogP contribution in [0.1, 0.15) is 33.6 Å². The third kappa shape index (κ3) is 4.91. The predicted molar refractivity (Wildman–Crippen MR) is 198 cm³/mol. The lowest BCUT2D eigenvalue weighted by Gasteiger charge is -2.31. The van der Waals surface area contributed by atoms with Gasteiger partial charge in [0.1, 0.15) is 6.04 Å². The van der Waals surface area contributed by atoms with Crippen molar-refractivity contribution in [3.05, 3.63) is 220 Å². The number of allylic oxidation sites excluding steroid dienone is 3. The largest absolute Gasteiger partial charge is 0.376 e. The fourth-order valence-electron chi connectivity index (χ4n) is 7.21. The number of rotatable bonds is 4. The predicted octanol–water partition coefficient (Wildman–Crippen LogP) is 6.84. The van der Waals surface area contributed by atoms with Crippen molar-refractivity contribution in [1.29, 1.82) is 0 Å². The van der Waals surface area contributed by atoms with E-state index in [4.69, 9.17) is 9.98 Å².